The van der Waals surface area contributed by atoms with Crippen molar-refractivity contribution in [3.05, 3.63) is 17.4 Å². The summed E-state index contributed by atoms with van der Waals surface area (Å²) in [6, 6.07) is 0.265. The van der Waals surface area contributed by atoms with Crippen LogP contribution in [0.25, 0.3) is 0 Å². The van der Waals surface area contributed by atoms with Crippen LogP contribution in [0.5, 0.6) is 0 Å². The Morgan fingerprint density at radius 3 is 3.15 bits per heavy atom. The van der Waals surface area contributed by atoms with E-state index in [4.69, 9.17) is 18.0 Å². The van der Waals surface area contributed by atoms with Gasteiger partial charge in [-0.05, 0) is 6.92 Å². The molecule has 1 N–H and O–H groups in total. The van der Waals surface area contributed by atoms with E-state index in [0.29, 0.717) is 11.6 Å². The van der Waals surface area contributed by atoms with Crippen molar-refractivity contribution in [2.45, 2.75) is 13.0 Å². The van der Waals surface area contributed by atoms with Gasteiger partial charge in [-0.1, -0.05) is 17.5 Å². The normalized spacial score (nSPS) is 12.4. The Balaban J connectivity index is 2.40. The number of nitrogens with zero attached hydrogens (tertiary/aromatic N) is 2. The maximum atomic E-state index is 5.73. The minimum Gasteiger partial charge on any atom is -0.304 e. The molecule has 13 heavy (non-hydrogen) atoms. The molecule has 1 rings (SSSR count). The minimum atomic E-state index is 0.265. The first-order chi connectivity index (χ1) is 6.24. The number of aromatic nitrogens is 2. The number of hydrogen-bond donors (Lipinski definition) is 1. The Morgan fingerprint density at radius 1 is 1.85 bits per heavy atom. The van der Waals surface area contributed by atoms with Crippen LogP contribution < -0.4 is 5.32 Å². The molecule has 0 spiro atoms. The molecule has 0 saturated heterocycles. The second kappa shape index (κ2) is 4.90. The zero-order chi connectivity index (χ0) is 9.68. The highest BCUT2D eigenvalue weighted by molar-refractivity contribution is 6.30. The topological polar surface area (TPSA) is 29.9 Å². The standard InChI is InChI=1S/C9H12ClN3/c1-3-4-11-5-8(2)13-7-9(10)6-12-13/h1,6-8,11H,4-5H2,2H3. The molecule has 1 unspecified atom stereocenters. The first-order valence-corrected chi connectivity index (χ1v) is 4.45. The Labute approximate surface area is 83.1 Å². The van der Waals surface area contributed by atoms with Crippen molar-refractivity contribution >= 4 is 11.6 Å². The molecular weight excluding hydrogens is 186 g/mol. The largest absolute Gasteiger partial charge is 0.304 e. The van der Waals surface area contributed by atoms with Gasteiger partial charge in [0.05, 0.1) is 23.8 Å². The van der Waals surface area contributed by atoms with E-state index in [1.54, 1.807) is 12.4 Å². The van der Waals surface area contributed by atoms with Crippen LogP contribution in [-0.4, -0.2) is 22.9 Å². The fourth-order valence-electron chi connectivity index (χ4n) is 1.00. The molecule has 1 heterocycles. The van der Waals surface area contributed by atoms with Crippen molar-refractivity contribution < 1.29 is 0 Å². The van der Waals surface area contributed by atoms with Crippen molar-refractivity contribution in [1.82, 2.24) is 15.1 Å². The summed E-state index contributed by atoms with van der Waals surface area (Å²) in [5.74, 6) is 2.51. The van der Waals surface area contributed by atoms with Gasteiger partial charge in [-0.15, -0.1) is 6.42 Å². The average molecular weight is 198 g/mol. The van der Waals surface area contributed by atoms with E-state index < -0.39 is 0 Å². The summed E-state index contributed by atoms with van der Waals surface area (Å²) in [5, 5.41) is 7.85. The van der Waals surface area contributed by atoms with Gasteiger partial charge in [0.15, 0.2) is 0 Å². The molecule has 0 aliphatic carbocycles. The number of halogens is 1. The highest BCUT2D eigenvalue weighted by Crippen LogP contribution is 2.09. The number of rotatable bonds is 4. The lowest BCUT2D eigenvalue weighted by molar-refractivity contribution is 0.465. The predicted molar refractivity (Wildman–Crippen MR) is 53.7 cm³/mol. The lowest BCUT2D eigenvalue weighted by Gasteiger charge is -2.11. The summed E-state index contributed by atoms with van der Waals surface area (Å²) in [7, 11) is 0. The average Bonchev–Trinajstić information content (AvgIpc) is 2.52. The molecule has 1 atom stereocenters. The van der Waals surface area contributed by atoms with E-state index >= 15 is 0 Å². The van der Waals surface area contributed by atoms with E-state index in [1.807, 2.05) is 11.6 Å². The Morgan fingerprint density at radius 2 is 2.62 bits per heavy atom. The highest BCUT2D eigenvalue weighted by atomic mass is 35.5. The zero-order valence-electron chi connectivity index (χ0n) is 7.50. The first-order valence-electron chi connectivity index (χ1n) is 4.08. The lowest BCUT2D eigenvalue weighted by atomic mass is 10.3. The Kier molecular flexibility index (Phi) is 3.81. The molecule has 0 aliphatic rings. The first kappa shape index (κ1) is 10.1. The van der Waals surface area contributed by atoms with Crippen molar-refractivity contribution in [3.63, 3.8) is 0 Å². The maximum absolute atomic E-state index is 5.73. The van der Waals surface area contributed by atoms with Gasteiger partial charge in [-0.2, -0.15) is 5.10 Å². The molecule has 0 saturated carbocycles. The van der Waals surface area contributed by atoms with Gasteiger partial charge in [0, 0.05) is 12.7 Å². The van der Waals surface area contributed by atoms with Crippen molar-refractivity contribution in [3.8, 4) is 12.3 Å². The van der Waals surface area contributed by atoms with E-state index in [0.717, 1.165) is 6.54 Å². The Bertz CT molecular complexity index is 300. The molecule has 0 aliphatic heterocycles. The van der Waals surface area contributed by atoms with Gasteiger partial charge in [-0.25, -0.2) is 0 Å². The molecule has 70 valence electrons. The maximum Gasteiger partial charge on any atom is 0.0785 e. The SMILES string of the molecule is C#CCNCC(C)n1cc(Cl)cn1. The van der Waals surface area contributed by atoms with Gasteiger partial charge < -0.3 is 5.32 Å². The van der Waals surface area contributed by atoms with Crippen LogP contribution in [-0.2, 0) is 0 Å². The van der Waals surface area contributed by atoms with Crippen molar-refractivity contribution in [2.75, 3.05) is 13.1 Å². The number of hydrogen-bond acceptors (Lipinski definition) is 2. The van der Waals surface area contributed by atoms with Gasteiger partial charge in [0.2, 0.25) is 0 Å². The van der Waals surface area contributed by atoms with E-state index in [9.17, 15) is 0 Å². The van der Waals surface area contributed by atoms with Crippen LogP contribution >= 0.6 is 11.6 Å². The van der Waals surface area contributed by atoms with Gasteiger partial charge in [0.25, 0.3) is 0 Å². The fourth-order valence-corrected chi connectivity index (χ4v) is 1.15. The summed E-state index contributed by atoms with van der Waals surface area (Å²) in [5.41, 5.74) is 0. The van der Waals surface area contributed by atoms with Gasteiger partial charge in [0.1, 0.15) is 0 Å². The molecule has 1 aromatic rings. The molecule has 4 heteroatoms. The second-order valence-electron chi connectivity index (χ2n) is 2.82. The van der Waals surface area contributed by atoms with Gasteiger partial charge in [-0.3, -0.25) is 4.68 Å². The second-order valence-corrected chi connectivity index (χ2v) is 3.26. The summed E-state index contributed by atoms with van der Waals surface area (Å²) >= 11 is 5.73. The van der Waals surface area contributed by atoms with Crippen LogP contribution in [0.3, 0.4) is 0 Å². The summed E-state index contributed by atoms with van der Waals surface area (Å²) in [6.07, 6.45) is 8.52. The molecular formula is C9H12ClN3. The van der Waals surface area contributed by atoms with Gasteiger partial charge >= 0.3 is 0 Å². The number of nitrogens with one attached hydrogen (secondary N) is 1. The van der Waals surface area contributed by atoms with Crippen LogP contribution in [0.15, 0.2) is 12.4 Å². The summed E-state index contributed by atoms with van der Waals surface area (Å²) in [6.45, 7) is 3.42. The van der Waals surface area contributed by atoms with E-state index in [1.165, 1.54) is 0 Å². The molecule has 3 nitrogen and oxygen atoms in total. The fraction of sp³-hybridized carbons (Fsp3) is 0.444. The van der Waals surface area contributed by atoms with Crippen molar-refractivity contribution in [1.29, 1.82) is 0 Å². The van der Waals surface area contributed by atoms with Crippen molar-refractivity contribution in [2.24, 2.45) is 0 Å². The minimum absolute atomic E-state index is 0.265. The van der Waals surface area contributed by atoms with Crippen LogP contribution in [0.1, 0.15) is 13.0 Å². The third-order valence-electron chi connectivity index (χ3n) is 1.69. The van der Waals surface area contributed by atoms with Crippen LogP contribution in [0.4, 0.5) is 0 Å². The molecule has 0 aromatic carbocycles. The van der Waals surface area contributed by atoms with E-state index in [-0.39, 0.29) is 6.04 Å². The predicted octanol–water partition coefficient (Wildman–Crippen LogP) is 1.32. The molecule has 0 radical (unpaired) electrons. The zero-order valence-corrected chi connectivity index (χ0v) is 8.25. The third kappa shape index (κ3) is 3.10. The smallest absolute Gasteiger partial charge is 0.0785 e. The van der Waals surface area contributed by atoms with Crippen LogP contribution in [0, 0.1) is 12.3 Å². The molecule has 0 bridgehead atoms. The summed E-state index contributed by atoms with van der Waals surface area (Å²) < 4.78 is 1.81. The monoisotopic (exact) mass is 197 g/mol. The Hall–Kier alpha value is -0.980. The molecule has 0 amide bonds. The third-order valence-corrected chi connectivity index (χ3v) is 1.88. The molecule has 1 aromatic heterocycles. The molecule has 0 fully saturated rings. The van der Waals surface area contributed by atoms with Crippen LogP contribution in [0.2, 0.25) is 5.02 Å². The summed E-state index contributed by atoms with van der Waals surface area (Å²) in [4.78, 5) is 0. The quantitative estimate of drug-likeness (QED) is 0.583. The highest BCUT2D eigenvalue weighted by Gasteiger charge is 2.04. The van der Waals surface area contributed by atoms with E-state index in [2.05, 4.69) is 16.3 Å². The lowest BCUT2D eigenvalue weighted by Crippen LogP contribution is -2.24. The number of terminal acetylenes is 1.